The molecule has 1 aromatic carbocycles. The highest BCUT2D eigenvalue weighted by Gasteiger charge is 2.20. The maximum atomic E-state index is 13.3. The molecule has 4 rings (SSSR count). The molecule has 8 heteroatoms. The zero-order chi connectivity index (χ0) is 17.4. The molecule has 3 aromatic heterocycles. The van der Waals surface area contributed by atoms with Crippen LogP contribution in [-0.4, -0.2) is 29.3 Å². The van der Waals surface area contributed by atoms with Crippen LogP contribution in [0.4, 0.5) is 10.2 Å². The molecule has 0 spiro atoms. The van der Waals surface area contributed by atoms with Crippen LogP contribution in [0.2, 0.25) is 0 Å². The van der Waals surface area contributed by atoms with E-state index in [0.717, 1.165) is 22.4 Å². The third-order valence-electron chi connectivity index (χ3n) is 4.13. The van der Waals surface area contributed by atoms with Gasteiger partial charge in [-0.2, -0.15) is 5.10 Å². The average Bonchev–Trinajstić information content (AvgIpc) is 3.20. The van der Waals surface area contributed by atoms with Gasteiger partial charge in [0.2, 0.25) is 0 Å². The fourth-order valence-corrected chi connectivity index (χ4v) is 2.82. The van der Waals surface area contributed by atoms with Crippen molar-refractivity contribution in [2.24, 2.45) is 14.1 Å². The van der Waals surface area contributed by atoms with Gasteiger partial charge < -0.3 is 9.88 Å². The van der Waals surface area contributed by atoms with Crippen LogP contribution >= 0.6 is 0 Å². The quantitative estimate of drug-likeness (QED) is 0.619. The summed E-state index contributed by atoms with van der Waals surface area (Å²) in [5.74, 6) is 1.16. The van der Waals surface area contributed by atoms with Gasteiger partial charge in [-0.15, -0.1) is 0 Å². The molecule has 0 fully saturated rings. The van der Waals surface area contributed by atoms with E-state index in [1.54, 1.807) is 29.2 Å². The third-order valence-corrected chi connectivity index (χ3v) is 4.13. The van der Waals surface area contributed by atoms with Crippen molar-refractivity contribution in [3.8, 4) is 0 Å². The van der Waals surface area contributed by atoms with Crippen molar-refractivity contribution in [3.63, 3.8) is 0 Å². The molecule has 3 heterocycles. The average molecular weight is 337 g/mol. The Morgan fingerprint density at radius 3 is 2.60 bits per heavy atom. The zero-order valence-corrected chi connectivity index (χ0v) is 13.8. The lowest BCUT2D eigenvalue weighted by atomic mass is 10.1. The summed E-state index contributed by atoms with van der Waals surface area (Å²) in [4.78, 5) is 13.0. The summed E-state index contributed by atoms with van der Waals surface area (Å²) >= 11 is 0. The molecule has 0 saturated heterocycles. The number of fused-ring (bicyclic) bond motifs is 1. The van der Waals surface area contributed by atoms with E-state index in [2.05, 4.69) is 25.4 Å². The first-order chi connectivity index (χ1) is 12.1. The Morgan fingerprint density at radius 2 is 1.88 bits per heavy atom. The molecule has 7 nitrogen and oxygen atoms in total. The summed E-state index contributed by atoms with van der Waals surface area (Å²) in [5.41, 5.74) is 1.61. The standard InChI is InChI=1S/C17H16FN7/c1-24-8-7-19-17(24)14(11-3-5-12(18)6-4-11)23-15-13-9-22-25(2)16(13)21-10-20-15/h3-10,14H,1-2H3,(H,20,21,23)/t14-/m0/s1. The number of halogens is 1. The maximum Gasteiger partial charge on any atom is 0.163 e. The van der Waals surface area contributed by atoms with Gasteiger partial charge in [0.05, 0.1) is 11.6 Å². The van der Waals surface area contributed by atoms with Crippen LogP contribution in [0.3, 0.4) is 0 Å². The van der Waals surface area contributed by atoms with Gasteiger partial charge in [0.25, 0.3) is 0 Å². The number of hydrogen-bond donors (Lipinski definition) is 1. The normalized spacial score (nSPS) is 12.4. The van der Waals surface area contributed by atoms with Crippen molar-refractivity contribution in [2.45, 2.75) is 6.04 Å². The smallest absolute Gasteiger partial charge is 0.163 e. The van der Waals surface area contributed by atoms with Gasteiger partial charge in [-0.3, -0.25) is 4.68 Å². The predicted molar refractivity (Wildman–Crippen MR) is 91.4 cm³/mol. The van der Waals surface area contributed by atoms with Crippen molar-refractivity contribution >= 4 is 16.9 Å². The minimum Gasteiger partial charge on any atom is -0.356 e. The van der Waals surface area contributed by atoms with Crippen molar-refractivity contribution in [1.82, 2.24) is 29.3 Å². The number of nitrogens with one attached hydrogen (secondary N) is 1. The highest BCUT2D eigenvalue weighted by molar-refractivity contribution is 5.86. The first kappa shape index (κ1) is 15.3. The second-order valence-electron chi connectivity index (χ2n) is 5.75. The number of hydrogen-bond acceptors (Lipinski definition) is 5. The predicted octanol–water partition coefficient (Wildman–Crippen LogP) is 2.44. The Hall–Kier alpha value is -3.29. The number of aromatic nitrogens is 6. The lowest BCUT2D eigenvalue weighted by Crippen LogP contribution is -2.17. The largest absolute Gasteiger partial charge is 0.356 e. The van der Waals surface area contributed by atoms with Crippen LogP contribution in [0.15, 0.2) is 49.2 Å². The molecule has 0 aliphatic carbocycles. The van der Waals surface area contributed by atoms with Crippen LogP contribution in [0.5, 0.6) is 0 Å². The van der Waals surface area contributed by atoms with E-state index in [0.29, 0.717) is 5.82 Å². The van der Waals surface area contributed by atoms with Crippen LogP contribution < -0.4 is 5.32 Å². The van der Waals surface area contributed by atoms with Crippen LogP contribution in [0.25, 0.3) is 11.0 Å². The fourth-order valence-electron chi connectivity index (χ4n) is 2.82. The highest BCUT2D eigenvalue weighted by Crippen LogP contribution is 2.28. The molecule has 0 amide bonds. The van der Waals surface area contributed by atoms with E-state index in [1.807, 2.05) is 24.9 Å². The van der Waals surface area contributed by atoms with Crippen LogP contribution in [0, 0.1) is 5.82 Å². The highest BCUT2D eigenvalue weighted by atomic mass is 19.1. The van der Waals surface area contributed by atoms with Crippen molar-refractivity contribution in [3.05, 3.63) is 66.4 Å². The Bertz CT molecular complexity index is 1020. The number of benzene rings is 1. The number of anilines is 1. The van der Waals surface area contributed by atoms with E-state index in [-0.39, 0.29) is 11.9 Å². The molecule has 0 unspecified atom stereocenters. The number of imidazole rings is 1. The fraction of sp³-hybridized carbons (Fsp3) is 0.176. The molecule has 1 atom stereocenters. The topological polar surface area (TPSA) is 73.5 Å². The molecule has 1 N–H and O–H groups in total. The summed E-state index contributed by atoms with van der Waals surface area (Å²) in [6.45, 7) is 0. The van der Waals surface area contributed by atoms with Gasteiger partial charge in [0.15, 0.2) is 5.65 Å². The molecular formula is C17H16FN7. The molecular weight excluding hydrogens is 321 g/mol. The van der Waals surface area contributed by atoms with E-state index in [9.17, 15) is 4.39 Å². The number of nitrogens with zero attached hydrogens (tertiary/aromatic N) is 6. The van der Waals surface area contributed by atoms with Crippen LogP contribution in [0.1, 0.15) is 17.4 Å². The molecule has 0 saturated carbocycles. The molecule has 0 aliphatic heterocycles. The molecule has 0 bridgehead atoms. The summed E-state index contributed by atoms with van der Waals surface area (Å²) in [5, 5.41) is 8.45. The number of aryl methyl sites for hydroxylation is 2. The molecule has 0 aliphatic rings. The van der Waals surface area contributed by atoms with Gasteiger partial charge in [-0.05, 0) is 17.7 Å². The molecule has 0 radical (unpaired) electrons. The van der Waals surface area contributed by atoms with Gasteiger partial charge >= 0.3 is 0 Å². The minimum atomic E-state index is -0.293. The molecule has 126 valence electrons. The summed E-state index contributed by atoms with van der Waals surface area (Å²) in [6.07, 6.45) is 6.81. The lowest BCUT2D eigenvalue weighted by Gasteiger charge is -2.20. The van der Waals surface area contributed by atoms with Crippen LogP contribution in [-0.2, 0) is 14.1 Å². The van der Waals surface area contributed by atoms with Crippen molar-refractivity contribution in [1.29, 1.82) is 0 Å². The second-order valence-corrected chi connectivity index (χ2v) is 5.75. The van der Waals surface area contributed by atoms with Gasteiger partial charge in [0, 0.05) is 26.5 Å². The second kappa shape index (κ2) is 5.97. The van der Waals surface area contributed by atoms with E-state index in [1.165, 1.54) is 18.5 Å². The summed E-state index contributed by atoms with van der Waals surface area (Å²) in [6, 6.07) is 6.06. The van der Waals surface area contributed by atoms with Gasteiger partial charge in [-0.1, -0.05) is 12.1 Å². The first-order valence-corrected chi connectivity index (χ1v) is 7.75. The Balaban J connectivity index is 1.81. The Kier molecular flexibility index (Phi) is 3.64. The minimum absolute atomic E-state index is 0.279. The van der Waals surface area contributed by atoms with Crippen molar-refractivity contribution in [2.75, 3.05) is 5.32 Å². The van der Waals surface area contributed by atoms with E-state index >= 15 is 0 Å². The maximum absolute atomic E-state index is 13.3. The zero-order valence-electron chi connectivity index (χ0n) is 13.8. The van der Waals surface area contributed by atoms with Crippen molar-refractivity contribution < 1.29 is 4.39 Å². The third kappa shape index (κ3) is 2.71. The van der Waals surface area contributed by atoms with E-state index in [4.69, 9.17) is 0 Å². The summed E-state index contributed by atoms with van der Waals surface area (Å²) < 4.78 is 16.9. The SMILES string of the molecule is Cn1ccnc1[C@@H](Nc1ncnc2c1cnn2C)c1ccc(F)cc1. The molecule has 4 aromatic rings. The van der Waals surface area contributed by atoms with E-state index < -0.39 is 0 Å². The lowest BCUT2D eigenvalue weighted by molar-refractivity contribution is 0.626. The number of rotatable bonds is 4. The van der Waals surface area contributed by atoms with Gasteiger partial charge in [0.1, 0.15) is 29.8 Å². The molecule has 25 heavy (non-hydrogen) atoms. The Morgan fingerprint density at radius 1 is 1.08 bits per heavy atom. The first-order valence-electron chi connectivity index (χ1n) is 7.75. The Labute approximate surface area is 143 Å². The van der Waals surface area contributed by atoms with Gasteiger partial charge in [-0.25, -0.2) is 19.3 Å². The summed E-state index contributed by atoms with van der Waals surface area (Å²) in [7, 11) is 3.75. The monoisotopic (exact) mass is 337 g/mol.